The summed E-state index contributed by atoms with van der Waals surface area (Å²) >= 11 is 12.3. The average Bonchev–Trinajstić information content (AvgIpc) is 2.88. The number of halogens is 2. The number of hydrogen-bond acceptors (Lipinski definition) is 6. The SMILES string of the molecule is CNc1nc(-c2ccc(Cl)cc2)nc2cc(NC(=O)c3cc(CNC(=O)COC)ccc3Cl)ccc12. The van der Waals surface area contributed by atoms with Gasteiger partial charge in [-0.3, -0.25) is 9.59 Å². The van der Waals surface area contributed by atoms with E-state index < -0.39 is 0 Å². The molecule has 0 saturated carbocycles. The van der Waals surface area contributed by atoms with Gasteiger partial charge in [0.05, 0.1) is 16.1 Å². The molecular weight excluding hydrogens is 501 g/mol. The lowest BCUT2D eigenvalue weighted by Gasteiger charge is -2.12. The van der Waals surface area contributed by atoms with E-state index in [0.29, 0.717) is 32.9 Å². The molecule has 0 unspecified atom stereocenters. The molecule has 0 fully saturated rings. The topological polar surface area (TPSA) is 105 Å². The van der Waals surface area contributed by atoms with Gasteiger partial charge in [-0.15, -0.1) is 0 Å². The highest BCUT2D eigenvalue weighted by atomic mass is 35.5. The second-order valence-corrected chi connectivity index (χ2v) is 8.71. The third-order valence-corrected chi connectivity index (χ3v) is 5.92. The largest absolute Gasteiger partial charge is 0.375 e. The molecule has 0 aliphatic heterocycles. The van der Waals surface area contributed by atoms with Crippen LogP contribution in [0.25, 0.3) is 22.3 Å². The van der Waals surface area contributed by atoms with E-state index >= 15 is 0 Å². The fourth-order valence-corrected chi connectivity index (χ4v) is 3.89. The molecule has 3 N–H and O–H groups in total. The lowest BCUT2D eigenvalue weighted by atomic mass is 10.1. The first kappa shape index (κ1) is 25.4. The van der Waals surface area contributed by atoms with Crippen molar-refractivity contribution < 1.29 is 14.3 Å². The Bertz CT molecular complexity index is 1430. The van der Waals surface area contributed by atoms with Crippen molar-refractivity contribution in [2.24, 2.45) is 0 Å². The monoisotopic (exact) mass is 523 g/mol. The number of anilines is 2. The number of nitrogens with zero attached hydrogens (tertiary/aromatic N) is 2. The van der Waals surface area contributed by atoms with Crippen molar-refractivity contribution in [3.05, 3.63) is 81.8 Å². The first-order valence-corrected chi connectivity index (χ1v) is 11.7. The molecule has 36 heavy (non-hydrogen) atoms. The minimum absolute atomic E-state index is 0.0402. The van der Waals surface area contributed by atoms with E-state index in [-0.39, 0.29) is 30.5 Å². The molecule has 0 saturated heterocycles. The standard InChI is InChI=1S/C26H23Cl2N5O3/c1-29-25-19-9-8-18(12-22(19)32-24(33-25)16-4-6-17(27)7-5-16)31-26(35)20-11-15(3-10-21(20)28)13-30-23(34)14-36-2/h3-12H,13-14H2,1-2H3,(H,30,34)(H,31,35)(H,29,32,33). The van der Waals surface area contributed by atoms with Gasteiger partial charge in [0, 0.05) is 42.4 Å². The Labute approximate surface area is 218 Å². The van der Waals surface area contributed by atoms with Crippen molar-refractivity contribution in [2.45, 2.75) is 6.54 Å². The van der Waals surface area contributed by atoms with E-state index in [1.807, 2.05) is 18.2 Å². The first-order valence-electron chi connectivity index (χ1n) is 11.0. The Balaban J connectivity index is 1.59. The van der Waals surface area contributed by atoms with Gasteiger partial charge in [-0.2, -0.15) is 0 Å². The summed E-state index contributed by atoms with van der Waals surface area (Å²) in [5, 5.41) is 10.4. The normalized spacial score (nSPS) is 10.8. The predicted octanol–water partition coefficient (Wildman–Crippen LogP) is 5.16. The van der Waals surface area contributed by atoms with Crippen LogP contribution in [0.3, 0.4) is 0 Å². The maximum absolute atomic E-state index is 13.0. The number of nitrogens with one attached hydrogen (secondary N) is 3. The van der Waals surface area contributed by atoms with Gasteiger partial charge < -0.3 is 20.7 Å². The molecule has 0 atom stereocenters. The van der Waals surface area contributed by atoms with Crippen LogP contribution >= 0.6 is 23.2 Å². The van der Waals surface area contributed by atoms with Gasteiger partial charge in [0.2, 0.25) is 5.91 Å². The quantitative estimate of drug-likeness (QED) is 0.294. The highest BCUT2D eigenvalue weighted by Gasteiger charge is 2.14. The summed E-state index contributed by atoms with van der Waals surface area (Å²) in [4.78, 5) is 34.0. The fourth-order valence-electron chi connectivity index (χ4n) is 3.56. The number of ether oxygens (including phenoxy) is 1. The van der Waals surface area contributed by atoms with E-state index in [1.165, 1.54) is 7.11 Å². The Kier molecular flexibility index (Phi) is 8.00. The smallest absolute Gasteiger partial charge is 0.257 e. The molecular formula is C26H23Cl2N5O3. The van der Waals surface area contributed by atoms with Crippen molar-refractivity contribution in [2.75, 3.05) is 31.4 Å². The number of fused-ring (bicyclic) bond motifs is 1. The number of carbonyl (C=O) groups excluding carboxylic acids is 2. The highest BCUT2D eigenvalue weighted by Crippen LogP contribution is 2.28. The molecule has 0 radical (unpaired) electrons. The van der Waals surface area contributed by atoms with Crippen LogP contribution in [0, 0.1) is 0 Å². The minimum Gasteiger partial charge on any atom is -0.375 e. The third-order valence-electron chi connectivity index (χ3n) is 5.33. The summed E-state index contributed by atoms with van der Waals surface area (Å²) in [5.41, 5.74) is 3.03. The number of benzene rings is 3. The summed E-state index contributed by atoms with van der Waals surface area (Å²) in [6, 6.07) is 17.7. The molecule has 10 heteroatoms. The van der Waals surface area contributed by atoms with Crippen LogP contribution in [0.4, 0.5) is 11.5 Å². The molecule has 4 rings (SSSR count). The Hall–Kier alpha value is -3.72. The summed E-state index contributed by atoms with van der Waals surface area (Å²) in [6.07, 6.45) is 0. The van der Waals surface area contributed by atoms with Crippen molar-refractivity contribution in [3.63, 3.8) is 0 Å². The van der Waals surface area contributed by atoms with Crippen LogP contribution in [-0.2, 0) is 16.1 Å². The first-order chi connectivity index (χ1) is 17.4. The number of rotatable bonds is 8. The maximum atomic E-state index is 13.0. The molecule has 0 aliphatic carbocycles. The van der Waals surface area contributed by atoms with Gasteiger partial charge in [-0.1, -0.05) is 29.3 Å². The summed E-state index contributed by atoms with van der Waals surface area (Å²) in [7, 11) is 3.23. The molecule has 3 aromatic carbocycles. The lowest BCUT2D eigenvalue weighted by molar-refractivity contribution is -0.124. The van der Waals surface area contributed by atoms with Crippen LogP contribution in [0.1, 0.15) is 15.9 Å². The predicted molar refractivity (Wildman–Crippen MR) is 143 cm³/mol. The van der Waals surface area contributed by atoms with Crippen molar-refractivity contribution in [3.8, 4) is 11.4 Å². The van der Waals surface area contributed by atoms with Crippen LogP contribution in [0.15, 0.2) is 60.7 Å². The summed E-state index contributed by atoms with van der Waals surface area (Å²) in [6.45, 7) is 0.203. The highest BCUT2D eigenvalue weighted by molar-refractivity contribution is 6.34. The zero-order chi connectivity index (χ0) is 25.7. The Morgan fingerprint density at radius 2 is 1.75 bits per heavy atom. The molecule has 8 nitrogen and oxygen atoms in total. The van der Waals surface area contributed by atoms with Gasteiger partial charge in [0.15, 0.2) is 5.82 Å². The Morgan fingerprint density at radius 1 is 0.972 bits per heavy atom. The number of methoxy groups -OCH3 is 1. The van der Waals surface area contributed by atoms with E-state index in [2.05, 4.69) is 20.9 Å². The summed E-state index contributed by atoms with van der Waals surface area (Å²) < 4.78 is 4.81. The average molecular weight is 524 g/mol. The Morgan fingerprint density at radius 3 is 2.47 bits per heavy atom. The molecule has 0 aliphatic rings. The molecule has 2 amide bonds. The van der Waals surface area contributed by atoms with E-state index in [4.69, 9.17) is 32.9 Å². The number of amides is 2. The van der Waals surface area contributed by atoms with Gasteiger partial charge in [-0.05, 0) is 60.2 Å². The zero-order valence-corrected chi connectivity index (χ0v) is 21.1. The molecule has 0 bridgehead atoms. The minimum atomic E-state index is -0.384. The van der Waals surface area contributed by atoms with Crippen LogP contribution < -0.4 is 16.0 Å². The number of hydrogen-bond donors (Lipinski definition) is 3. The van der Waals surface area contributed by atoms with E-state index in [0.717, 1.165) is 16.5 Å². The van der Waals surface area contributed by atoms with Crippen molar-refractivity contribution >= 4 is 57.4 Å². The van der Waals surface area contributed by atoms with Crippen LogP contribution in [0.2, 0.25) is 10.0 Å². The van der Waals surface area contributed by atoms with Crippen LogP contribution in [0.5, 0.6) is 0 Å². The van der Waals surface area contributed by atoms with Crippen LogP contribution in [-0.4, -0.2) is 42.5 Å². The van der Waals surface area contributed by atoms with E-state index in [1.54, 1.807) is 49.5 Å². The second kappa shape index (κ2) is 11.3. The van der Waals surface area contributed by atoms with Crippen molar-refractivity contribution in [1.29, 1.82) is 0 Å². The second-order valence-electron chi connectivity index (χ2n) is 7.86. The molecule has 184 valence electrons. The zero-order valence-electron chi connectivity index (χ0n) is 19.6. The van der Waals surface area contributed by atoms with Gasteiger partial charge in [0.25, 0.3) is 5.91 Å². The molecule has 0 spiro atoms. The van der Waals surface area contributed by atoms with E-state index in [9.17, 15) is 9.59 Å². The molecule has 1 aromatic heterocycles. The third kappa shape index (κ3) is 5.91. The number of carbonyl (C=O) groups is 2. The lowest BCUT2D eigenvalue weighted by Crippen LogP contribution is -2.26. The molecule has 4 aromatic rings. The van der Waals surface area contributed by atoms with Gasteiger partial charge in [0.1, 0.15) is 12.4 Å². The maximum Gasteiger partial charge on any atom is 0.257 e. The molecule has 1 heterocycles. The van der Waals surface area contributed by atoms with Gasteiger partial charge >= 0.3 is 0 Å². The van der Waals surface area contributed by atoms with Crippen molar-refractivity contribution in [1.82, 2.24) is 15.3 Å². The summed E-state index contributed by atoms with van der Waals surface area (Å²) in [5.74, 6) is 0.549. The number of aromatic nitrogens is 2. The van der Waals surface area contributed by atoms with Gasteiger partial charge in [-0.25, -0.2) is 9.97 Å². The fraction of sp³-hybridized carbons (Fsp3) is 0.154.